The number of benzene rings is 1. The van der Waals surface area contributed by atoms with Crippen LogP contribution in [-0.4, -0.2) is 60.3 Å². The molecule has 2 N–H and O–H groups in total. The first-order chi connectivity index (χ1) is 14.5. The van der Waals surface area contributed by atoms with Crippen LogP contribution >= 0.6 is 11.5 Å². The number of nitrogens with zero attached hydrogens (tertiary/aromatic N) is 3. The van der Waals surface area contributed by atoms with Crippen molar-refractivity contribution in [1.82, 2.24) is 25.1 Å². The van der Waals surface area contributed by atoms with Gasteiger partial charge >= 0.3 is 6.03 Å². The van der Waals surface area contributed by atoms with Crippen molar-refractivity contribution in [1.29, 1.82) is 0 Å². The normalized spacial score (nSPS) is 14.3. The summed E-state index contributed by atoms with van der Waals surface area (Å²) in [6, 6.07) is 5.32. The third kappa shape index (κ3) is 5.38. The predicted octanol–water partition coefficient (Wildman–Crippen LogP) is 2.22. The molecular formula is C20H27N5O4S. The van der Waals surface area contributed by atoms with Crippen LogP contribution in [0.15, 0.2) is 18.2 Å². The van der Waals surface area contributed by atoms with Crippen LogP contribution in [0.2, 0.25) is 0 Å². The van der Waals surface area contributed by atoms with E-state index in [9.17, 15) is 9.59 Å². The van der Waals surface area contributed by atoms with Gasteiger partial charge in [0.15, 0.2) is 11.5 Å². The van der Waals surface area contributed by atoms with E-state index in [4.69, 9.17) is 9.47 Å². The fraction of sp³-hybridized carbons (Fsp3) is 0.500. The van der Waals surface area contributed by atoms with Crippen LogP contribution in [0, 0.1) is 12.8 Å². The van der Waals surface area contributed by atoms with Crippen molar-refractivity contribution in [3.05, 3.63) is 34.3 Å². The number of piperidine rings is 1. The Hall–Kier alpha value is -2.88. The van der Waals surface area contributed by atoms with Gasteiger partial charge in [-0.25, -0.2) is 4.79 Å². The van der Waals surface area contributed by atoms with E-state index in [2.05, 4.69) is 20.2 Å². The smallest absolute Gasteiger partial charge is 0.315 e. The largest absolute Gasteiger partial charge is 0.493 e. The molecule has 2 heterocycles. The Balaban J connectivity index is 1.39. The van der Waals surface area contributed by atoms with Gasteiger partial charge in [0, 0.05) is 26.2 Å². The van der Waals surface area contributed by atoms with Gasteiger partial charge in [-0.05, 0) is 54.9 Å². The average Bonchev–Trinajstić information content (AvgIpc) is 3.21. The number of likely N-dealkylation sites (tertiary alicyclic amines) is 1. The first kappa shape index (κ1) is 21.8. The summed E-state index contributed by atoms with van der Waals surface area (Å²) in [6.45, 7) is 4.13. The number of methoxy groups -OCH3 is 2. The molecule has 3 rings (SSSR count). The summed E-state index contributed by atoms with van der Waals surface area (Å²) in [4.78, 5) is 27.1. The standard InChI is InChI=1S/C20H27N5O4S/c1-13-18(30-24-23-13)19(26)25-8-6-14(7-9-25)11-21-20(27)22-12-15-4-5-16(28-2)17(10-15)29-3/h4-5,10,14H,6-9,11-12H2,1-3H3,(H2,21,22,27). The minimum atomic E-state index is -0.213. The van der Waals surface area contributed by atoms with E-state index in [0.717, 1.165) is 29.9 Å². The second-order valence-corrected chi connectivity index (χ2v) is 7.93. The minimum Gasteiger partial charge on any atom is -0.493 e. The molecule has 3 amide bonds. The summed E-state index contributed by atoms with van der Waals surface area (Å²) in [5.41, 5.74) is 1.60. The molecule has 1 fully saturated rings. The molecule has 0 radical (unpaired) electrons. The van der Waals surface area contributed by atoms with Crippen molar-refractivity contribution in [3.63, 3.8) is 0 Å². The maximum atomic E-state index is 12.5. The Morgan fingerprint density at radius 2 is 1.90 bits per heavy atom. The minimum absolute atomic E-state index is 0.00146. The Labute approximate surface area is 179 Å². The van der Waals surface area contributed by atoms with Gasteiger partial charge in [0.2, 0.25) is 0 Å². The Morgan fingerprint density at radius 1 is 1.17 bits per heavy atom. The van der Waals surface area contributed by atoms with Gasteiger partial charge in [-0.1, -0.05) is 10.6 Å². The summed E-state index contributed by atoms with van der Waals surface area (Å²) in [5, 5.41) is 9.69. The molecule has 9 nitrogen and oxygen atoms in total. The quantitative estimate of drug-likeness (QED) is 0.694. The predicted molar refractivity (Wildman–Crippen MR) is 113 cm³/mol. The topological polar surface area (TPSA) is 106 Å². The van der Waals surface area contributed by atoms with E-state index in [1.54, 1.807) is 21.1 Å². The number of amides is 3. The Morgan fingerprint density at radius 3 is 2.53 bits per heavy atom. The first-order valence-corrected chi connectivity index (χ1v) is 10.6. The van der Waals surface area contributed by atoms with E-state index in [1.807, 2.05) is 23.1 Å². The van der Waals surface area contributed by atoms with Crippen LogP contribution in [0.5, 0.6) is 11.5 Å². The highest BCUT2D eigenvalue weighted by atomic mass is 32.1. The first-order valence-electron chi connectivity index (χ1n) is 9.82. The van der Waals surface area contributed by atoms with Crippen molar-refractivity contribution in [3.8, 4) is 11.5 Å². The second-order valence-electron chi connectivity index (χ2n) is 7.18. The average molecular weight is 434 g/mol. The van der Waals surface area contributed by atoms with E-state index < -0.39 is 0 Å². The third-order valence-electron chi connectivity index (χ3n) is 5.20. The summed E-state index contributed by atoms with van der Waals surface area (Å²) < 4.78 is 14.3. The number of carbonyl (C=O) groups is 2. The van der Waals surface area contributed by atoms with E-state index in [-0.39, 0.29) is 11.9 Å². The molecule has 0 bridgehead atoms. The Bertz CT molecular complexity index is 880. The van der Waals surface area contributed by atoms with Crippen LogP contribution in [0.3, 0.4) is 0 Å². The highest BCUT2D eigenvalue weighted by Gasteiger charge is 2.26. The van der Waals surface area contributed by atoms with Gasteiger partial charge < -0.3 is 25.0 Å². The van der Waals surface area contributed by atoms with Crippen molar-refractivity contribution >= 4 is 23.5 Å². The number of ether oxygens (including phenoxy) is 2. The lowest BCUT2D eigenvalue weighted by atomic mass is 9.96. The van der Waals surface area contributed by atoms with Gasteiger partial charge in [-0.2, -0.15) is 0 Å². The molecule has 1 aromatic carbocycles. The van der Waals surface area contributed by atoms with E-state index >= 15 is 0 Å². The van der Waals surface area contributed by atoms with E-state index in [0.29, 0.717) is 54.2 Å². The van der Waals surface area contributed by atoms with Crippen molar-refractivity contribution in [2.24, 2.45) is 5.92 Å². The maximum absolute atomic E-state index is 12.5. The molecule has 30 heavy (non-hydrogen) atoms. The lowest BCUT2D eigenvalue weighted by Crippen LogP contribution is -2.43. The number of urea groups is 1. The summed E-state index contributed by atoms with van der Waals surface area (Å²) >= 11 is 1.14. The maximum Gasteiger partial charge on any atom is 0.315 e. The lowest BCUT2D eigenvalue weighted by Gasteiger charge is -2.31. The molecule has 1 saturated heterocycles. The third-order valence-corrected chi connectivity index (χ3v) is 6.02. The summed E-state index contributed by atoms with van der Waals surface area (Å²) in [6.07, 6.45) is 1.71. The zero-order valence-corrected chi connectivity index (χ0v) is 18.3. The highest BCUT2D eigenvalue weighted by molar-refractivity contribution is 7.07. The van der Waals surface area contributed by atoms with Gasteiger partial charge in [0.25, 0.3) is 5.91 Å². The molecule has 0 aliphatic carbocycles. The zero-order valence-electron chi connectivity index (χ0n) is 17.4. The molecule has 1 aliphatic heterocycles. The number of carbonyl (C=O) groups excluding carboxylic acids is 2. The number of aryl methyl sites for hydroxylation is 1. The van der Waals surface area contributed by atoms with Crippen LogP contribution in [0.4, 0.5) is 4.79 Å². The van der Waals surface area contributed by atoms with Gasteiger partial charge in [0.1, 0.15) is 4.88 Å². The van der Waals surface area contributed by atoms with Crippen LogP contribution in [0.1, 0.15) is 33.8 Å². The van der Waals surface area contributed by atoms with E-state index in [1.165, 1.54) is 0 Å². The fourth-order valence-corrected chi connectivity index (χ4v) is 4.01. The van der Waals surface area contributed by atoms with Crippen molar-refractivity contribution in [2.75, 3.05) is 33.9 Å². The van der Waals surface area contributed by atoms with Crippen molar-refractivity contribution in [2.45, 2.75) is 26.3 Å². The molecular weight excluding hydrogens is 406 g/mol. The van der Waals surface area contributed by atoms with Gasteiger partial charge in [-0.3, -0.25) is 4.79 Å². The van der Waals surface area contributed by atoms with Gasteiger partial charge in [0.05, 0.1) is 19.9 Å². The molecule has 10 heteroatoms. The monoisotopic (exact) mass is 433 g/mol. The van der Waals surface area contributed by atoms with Crippen LogP contribution < -0.4 is 20.1 Å². The highest BCUT2D eigenvalue weighted by Crippen LogP contribution is 2.27. The molecule has 2 aromatic rings. The van der Waals surface area contributed by atoms with Gasteiger partial charge in [-0.15, -0.1) is 5.10 Å². The molecule has 162 valence electrons. The number of aromatic nitrogens is 2. The molecule has 1 aliphatic rings. The van der Waals surface area contributed by atoms with Crippen LogP contribution in [0.25, 0.3) is 0 Å². The van der Waals surface area contributed by atoms with Crippen molar-refractivity contribution < 1.29 is 19.1 Å². The number of hydrogen-bond acceptors (Lipinski definition) is 7. The number of hydrogen-bond donors (Lipinski definition) is 2. The summed E-state index contributed by atoms with van der Waals surface area (Å²) in [7, 11) is 3.16. The molecule has 0 unspecified atom stereocenters. The molecule has 0 spiro atoms. The SMILES string of the molecule is COc1ccc(CNC(=O)NCC2CCN(C(=O)c3snnc3C)CC2)cc1OC. The lowest BCUT2D eigenvalue weighted by molar-refractivity contribution is 0.0694. The molecule has 1 aromatic heterocycles. The zero-order chi connectivity index (χ0) is 21.5. The summed E-state index contributed by atoms with van der Waals surface area (Å²) in [5.74, 6) is 1.63. The fourth-order valence-electron chi connectivity index (χ4n) is 3.38. The molecule has 0 atom stereocenters. The Kier molecular flexibility index (Phi) is 7.45. The number of rotatable bonds is 7. The van der Waals surface area contributed by atoms with Crippen LogP contribution in [-0.2, 0) is 6.54 Å². The number of nitrogens with one attached hydrogen (secondary N) is 2. The second kappa shape index (κ2) is 10.2. The molecule has 0 saturated carbocycles.